The second-order valence-electron chi connectivity index (χ2n) is 4.70. The summed E-state index contributed by atoms with van der Waals surface area (Å²) in [5.74, 6) is 0.154. The topological polar surface area (TPSA) is 83.1 Å². The number of methoxy groups -OCH3 is 2. The van der Waals surface area contributed by atoms with E-state index in [1.807, 2.05) is 25.1 Å². The molecular formula is C14H18N2O4. The molecule has 1 unspecified atom stereocenters. The predicted octanol–water partition coefficient (Wildman–Crippen LogP) is 0.999. The number of hydrogen-bond donors (Lipinski definition) is 1. The van der Waals surface area contributed by atoms with E-state index in [4.69, 9.17) is 20.0 Å². The average molecular weight is 278 g/mol. The van der Waals surface area contributed by atoms with Crippen LogP contribution in [0.1, 0.15) is 17.5 Å². The van der Waals surface area contributed by atoms with Gasteiger partial charge in [-0.05, 0) is 19.1 Å². The van der Waals surface area contributed by atoms with Crippen LogP contribution in [0.5, 0.6) is 5.75 Å². The maximum atomic E-state index is 11.8. The lowest BCUT2D eigenvalue weighted by molar-refractivity contribution is -0.165. The van der Waals surface area contributed by atoms with Crippen molar-refractivity contribution in [3.8, 4) is 5.75 Å². The van der Waals surface area contributed by atoms with Gasteiger partial charge in [0.2, 0.25) is 0 Å². The second-order valence-corrected chi connectivity index (χ2v) is 4.70. The van der Waals surface area contributed by atoms with Crippen LogP contribution >= 0.6 is 0 Å². The van der Waals surface area contributed by atoms with Crippen LogP contribution in [0.25, 0.3) is 0 Å². The van der Waals surface area contributed by atoms with Crippen LogP contribution in [0.4, 0.5) is 0 Å². The van der Waals surface area contributed by atoms with Crippen molar-refractivity contribution in [3.63, 3.8) is 0 Å². The first-order chi connectivity index (χ1) is 9.56. The van der Waals surface area contributed by atoms with Gasteiger partial charge in [-0.1, -0.05) is 16.8 Å². The minimum Gasteiger partial charge on any atom is -0.496 e. The van der Waals surface area contributed by atoms with Crippen LogP contribution in [-0.4, -0.2) is 38.0 Å². The molecule has 0 amide bonds. The number of carbonyl (C=O) groups excluding carboxylic acids is 1. The fourth-order valence-electron chi connectivity index (χ4n) is 2.16. The summed E-state index contributed by atoms with van der Waals surface area (Å²) in [6, 6.07) is 5.73. The van der Waals surface area contributed by atoms with Gasteiger partial charge in [0.25, 0.3) is 5.60 Å². The molecule has 1 aromatic carbocycles. The Balaban J connectivity index is 2.33. The number of oxime groups is 1. The molecule has 6 heteroatoms. The van der Waals surface area contributed by atoms with E-state index >= 15 is 0 Å². The maximum absolute atomic E-state index is 11.8. The molecule has 0 spiro atoms. The highest BCUT2D eigenvalue weighted by atomic mass is 16.7. The zero-order chi connectivity index (χ0) is 14.8. The lowest BCUT2D eigenvalue weighted by Gasteiger charge is -2.21. The Morgan fingerprint density at radius 1 is 1.50 bits per heavy atom. The van der Waals surface area contributed by atoms with E-state index in [-0.39, 0.29) is 13.0 Å². The number of esters is 1. The summed E-state index contributed by atoms with van der Waals surface area (Å²) >= 11 is 0. The molecule has 1 aromatic rings. The van der Waals surface area contributed by atoms with Crippen LogP contribution in [0.2, 0.25) is 0 Å². The largest absolute Gasteiger partial charge is 0.496 e. The summed E-state index contributed by atoms with van der Waals surface area (Å²) < 4.78 is 10.1. The molecule has 2 rings (SSSR count). The molecule has 2 N–H and O–H groups in total. The molecule has 108 valence electrons. The summed E-state index contributed by atoms with van der Waals surface area (Å²) in [5, 5.41) is 4.00. The van der Waals surface area contributed by atoms with Gasteiger partial charge in [-0.3, -0.25) is 0 Å². The zero-order valence-electron chi connectivity index (χ0n) is 11.8. The number of benzene rings is 1. The molecule has 0 saturated carbocycles. The smallest absolute Gasteiger partial charge is 0.354 e. The average Bonchev–Trinajstić information content (AvgIpc) is 2.92. The lowest BCUT2D eigenvalue weighted by atomic mass is 9.93. The Morgan fingerprint density at radius 3 is 2.85 bits per heavy atom. The molecule has 1 atom stereocenters. The number of hydrogen-bond acceptors (Lipinski definition) is 6. The third-order valence-electron chi connectivity index (χ3n) is 3.34. The standard InChI is InChI=1S/C14H18N2O4/c1-9-4-5-12(18-2)10(6-9)11-7-14(8-15,20-16-11)13(17)19-3/h4-6H,7-8,15H2,1-3H3. The molecule has 0 saturated heterocycles. The van der Waals surface area contributed by atoms with Gasteiger partial charge in [-0.15, -0.1) is 0 Å². The molecule has 0 aliphatic carbocycles. The Morgan fingerprint density at radius 2 is 2.25 bits per heavy atom. The summed E-state index contributed by atoms with van der Waals surface area (Å²) in [4.78, 5) is 17.1. The summed E-state index contributed by atoms with van der Waals surface area (Å²) in [6.07, 6.45) is 0.260. The van der Waals surface area contributed by atoms with Gasteiger partial charge < -0.3 is 20.0 Å². The molecule has 0 fully saturated rings. The number of aryl methyl sites for hydroxylation is 1. The molecule has 6 nitrogen and oxygen atoms in total. The van der Waals surface area contributed by atoms with Gasteiger partial charge in [0.05, 0.1) is 19.9 Å². The van der Waals surface area contributed by atoms with E-state index < -0.39 is 11.6 Å². The third-order valence-corrected chi connectivity index (χ3v) is 3.34. The van der Waals surface area contributed by atoms with Crippen molar-refractivity contribution < 1.29 is 19.1 Å². The van der Waals surface area contributed by atoms with Crippen molar-refractivity contribution in [2.24, 2.45) is 10.9 Å². The van der Waals surface area contributed by atoms with Crippen molar-refractivity contribution in [1.82, 2.24) is 0 Å². The molecule has 20 heavy (non-hydrogen) atoms. The molecule has 1 aliphatic heterocycles. The Bertz CT molecular complexity index is 556. The first-order valence-electron chi connectivity index (χ1n) is 6.25. The summed E-state index contributed by atoms with van der Waals surface area (Å²) in [6.45, 7) is 1.97. The normalized spacial score (nSPS) is 21.1. The van der Waals surface area contributed by atoms with Gasteiger partial charge in [-0.25, -0.2) is 4.79 Å². The number of carbonyl (C=O) groups is 1. The van der Waals surface area contributed by atoms with E-state index in [0.29, 0.717) is 11.5 Å². The lowest BCUT2D eigenvalue weighted by Crippen LogP contribution is -2.46. The highest BCUT2D eigenvalue weighted by Gasteiger charge is 2.47. The molecule has 0 radical (unpaired) electrons. The Hall–Kier alpha value is -2.08. The highest BCUT2D eigenvalue weighted by molar-refractivity contribution is 6.06. The number of ether oxygens (including phenoxy) is 2. The fraction of sp³-hybridized carbons (Fsp3) is 0.429. The van der Waals surface area contributed by atoms with E-state index in [1.54, 1.807) is 7.11 Å². The number of rotatable bonds is 4. The minimum absolute atomic E-state index is 0.000798. The quantitative estimate of drug-likeness (QED) is 0.831. The molecule has 0 aromatic heterocycles. The van der Waals surface area contributed by atoms with Gasteiger partial charge in [0.15, 0.2) is 0 Å². The van der Waals surface area contributed by atoms with E-state index in [1.165, 1.54) is 7.11 Å². The van der Waals surface area contributed by atoms with E-state index in [2.05, 4.69) is 5.16 Å². The Kier molecular flexibility index (Phi) is 3.94. The van der Waals surface area contributed by atoms with Crippen LogP contribution in [-0.2, 0) is 14.4 Å². The van der Waals surface area contributed by atoms with Crippen molar-refractivity contribution in [3.05, 3.63) is 29.3 Å². The van der Waals surface area contributed by atoms with Gasteiger partial charge in [0, 0.05) is 18.5 Å². The van der Waals surface area contributed by atoms with Crippen molar-refractivity contribution in [1.29, 1.82) is 0 Å². The van der Waals surface area contributed by atoms with Crippen LogP contribution < -0.4 is 10.5 Å². The first kappa shape index (κ1) is 14.3. The highest BCUT2D eigenvalue weighted by Crippen LogP contribution is 2.31. The molecule has 0 bridgehead atoms. The first-order valence-corrected chi connectivity index (χ1v) is 6.25. The summed E-state index contributed by atoms with van der Waals surface area (Å²) in [7, 11) is 2.88. The SMILES string of the molecule is COC(=O)C1(CN)CC(c2cc(C)ccc2OC)=NO1. The van der Waals surface area contributed by atoms with Gasteiger partial charge in [0.1, 0.15) is 5.75 Å². The monoisotopic (exact) mass is 278 g/mol. The van der Waals surface area contributed by atoms with Gasteiger partial charge >= 0.3 is 5.97 Å². The van der Waals surface area contributed by atoms with E-state index in [0.717, 1.165) is 11.1 Å². The van der Waals surface area contributed by atoms with Crippen molar-refractivity contribution >= 4 is 11.7 Å². The van der Waals surface area contributed by atoms with Crippen molar-refractivity contribution in [2.45, 2.75) is 18.9 Å². The van der Waals surface area contributed by atoms with Crippen LogP contribution in [0.15, 0.2) is 23.4 Å². The second kappa shape index (κ2) is 5.50. The third kappa shape index (κ3) is 2.34. The number of nitrogens with zero attached hydrogens (tertiary/aromatic N) is 1. The number of nitrogens with two attached hydrogens (primary N) is 1. The zero-order valence-corrected chi connectivity index (χ0v) is 11.8. The molecule has 1 aliphatic rings. The van der Waals surface area contributed by atoms with Crippen LogP contribution in [0.3, 0.4) is 0 Å². The van der Waals surface area contributed by atoms with Crippen LogP contribution in [0, 0.1) is 6.92 Å². The van der Waals surface area contributed by atoms with E-state index in [9.17, 15) is 4.79 Å². The fourth-order valence-corrected chi connectivity index (χ4v) is 2.16. The van der Waals surface area contributed by atoms with Gasteiger partial charge in [-0.2, -0.15) is 0 Å². The summed E-state index contributed by atoms with van der Waals surface area (Å²) in [5.41, 5.74) is 6.90. The minimum atomic E-state index is -1.24. The Labute approximate surface area is 117 Å². The van der Waals surface area contributed by atoms with Crippen molar-refractivity contribution in [2.75, 3.05) is 20.8 Å². The molecular weight excluding hydrogens is 260 g/mol. The molecule has 1 heterocycles. The predicted molar refractivity (Wildman–Crippen MR) is 73.8 cm³/mol. The maximum Gasteiger partial charge on any atom is 0.354 e.